The first-order chi connectivity index (χ1) is 11.3. The summed E-state index contributed by atoms with van der Waals surface area (Å²) in [6.07, 6.45) is 1.56. The first-order valence-electron chi connectivity index (χ1n) is 7.19. The third-order valence-corrected chi connectivity index (χ3v) is 3.14. The Kier molecular flexibility index (Phi) is 4.85. The molecule has 6 heteroatoms. The Labute approximate surface area is 133 Å². The molecule has 0 radical (unpaired) electrons. The number of amides is 1. The van der Waals surface area contributed by atoms with Crippen molar-refractivity contribution in [1.29, 1.82) is 0 Å². The van der Waals surface area contributed by atoms with Gasteiger partial charge >= 0.3 is 0 Å². The van der Waals surface area contributed by atoms with Gasteiger partial charge in [-0.2, -0.15) is 0 Å². The monoisotopic (exact) mass is 312 g/mol. The van der Waals surface area contributed by atoms with Gasteiger partial charge in [0.05, 0.1) is 12.9 Å². The quantitative estimate of drug-likeness (QED) is 0.726. The molecule has 6 nitrogen and oxygen atoms in total. The number of aromatic nitrogens is 1. The topological polar surface area (TPSA) is 77.5 Å². The molecule has 0 atom stereocenters. The second kappa shape index (κ2) is 7.42. The number of nitrogens with one attached hydrogen (secondary N) is 1. The van der Waals surface area contributed by atoms with Gasteiger partial charge in [-0.05, 0) is 17.7 Å². The number of carbonyl (C=O) groups is 1. The van der Waals surface area contributed by atoms with Crippen LogP contribution in [0, 0.1) is 0 Å². The van der Waals surface area contributed by atoms with E-state index in [1.807, 2.05) is 30.3 Å². The first kappa shape index (κ1) is 15.1. The van der Waals surface area contributed by atoms with Crippen molar-refractivity contribution in [3.05, 3.63) is 66.1 Å². The molecule has 1 amide bonds. The second-order valence-corrected chi connectivity index (χ2v) is 4.91. The van der Waals surface area contributed by atoms with Crippen LogP contribution < -0.4 is 5.32 Å². The van der Waals surface area contributed by atoms with Gasteiger partial charge in [0.2, 0.25) is 11.7 Å². The molecule has 0 spiro atoms. The van der Waals surface area contributed by atoms with E-state index in [-0.39, 0.29) is 19.1 Å². The third kappa shape index (κ3) is 4.31. The highest BCUT2D eigenvalue weighted by atomic mass is 16.5. The summed E-state index contributed by atoms with van der Waals surface area (Å²) in [4.78, 5) is 11.7. The third-order valence-electron chi connectivity index (χ3n) is 3.14. The van der Waals surface area contributed by atoms with Crippen molar-refractivity contribution in [2.24, 2.45) is 0 Å². The fourth-order valence-electron chi connectivity index (χ4n) is 2.01. The van der Waals surface area contributed by atoms with Crippen molar-refractivity contribution in [2.45, 2.75) is 13.2 Å². The van der Waals surface area contributed by atoms with Gasteiger partial charge < -0.3 is 19.0 Å². The van der Waals surface area contributed by atoms with Crippen LogP contribution >= 0.6 is 0 Å². The summed E-state index contributed by atoms with van der Waals surface area (Å²) < 4.78 is 15.7. The molecule has 3 aromatic rings. The number of nitrogens with zero attached hydrogens (tertiary/aromatic N) is 1. The van der Waals surface area contributed by atoms with E-state index >= 15 is 0 Å². The average Bonchev–Trinajstić information content (AvgIpc) is 3.25. The molecule has 0 aliphatic heterocycles. The number of carbonyl (C=O) groups excluding carboxylic acids is 1. The van der Waals surface area contributed by atoms with Crippen LogP contribution in [0.25, 0.3) is 11.5 Å². The largest absolute Gasteiger partial charge is 0.461 e. The standard InChI is InChI=1S/C17H16N2O4/c20-17(18-10-13-5-2-1-3-6-13)12-21-11-14-9-16(23-19-14)15-7-4-8-22-15/h1-9H,10-12H2,(H,18,20). The number of hydrogen-bond acceptors (Lipinski definition) is 5. The lowest BCUT2D eigenvalue weighted by Gasteiger charge is -2.05. The molecule has 0 saturated carbocycles. The van der Waals surface area contributed by atoms with E-state index in [2.05, 4.69) is 10.5 Å². The van der Waals surface area contributed by atoms with Gasteiger partial charge in [-0.15, -0.1) is 0 Å². The van der Waals surface area contributed by atoms with Crippen LogP contribution in [-0.4, -0.2) is 17.7 Å². The lowest BCUT2D eigenvalue weighted by molar-refractivity contribution is -0.126. The zero-order valence-corrected chi connectivity index (χ0v) is 12.4. The zero-order valence-electron chi connectivity index (χ0n) is 12.4. The Morgan fingerprint density at radius 3 is 2.78 bits per heavy atom. The maximum absolute atomic E-state index is 11.7. The molecule has 118 valence electrons. The number of furan rings is 1. The van der Waals surface area contributed by atoms with Crippen molar-refractivity contribution in [3.8, 4) is 11.5 Å². The minimum absolute atomic E-state index is 0.0320. The molecule has 0 bridgehead atoms. The fourth-order valence-corrected chi connectivity index (χ4v) is 2.01. The van der Waals surface area contributed by atoms with E-state index in [1.165, 1.54) is 0 Å². The summed E-state index contributed by atoms with van der Waals surface area (Å²) in [5.74, 6) is 0.954. The highest BCUT2D eigenvalue weighted by molar-refractivity contribution is 5.77. The molecule has 0 unspecified atom stereocenters. The fraction of sp³-hybridized carbons (Fsp3) is 0.176. The lowest BCUT2D eigenvalue weighted by atomic mass is 10.2. The van der Waals surface area contributed by atoms with Crippen molar-refractivity contribution >= 4 is 5.91 Å². The van der Waals surface area contributed by atoms with E-state index in [4.69, 9.17) is 13.7 Å². The maximum Gasteiger partial charge on any atom is 0.246 e. The van der Waals surface area contributed by atoms with Crippen LogP contribution in [-0.2, 0) is 22.7 Å². The van der Waals surface area contributed by atoms with E-state index in [0.29, 0.717) is 23.8 Å². The maximum atomic E-state index is 11.7. The van der Waals surface area contributed by atoms with Gasteiger partial charge in [0.1, 0.15) is 12.3 Å². The van der Waals surface area contributed by atoms with Crippen LogP contribution in [0.1, 0.15) is 11.3 Å². The predicted molar refractivity (Wildman–Crippen MR) is 82.1 cm³/mol. The zero-order chi connectivity index (χ0) is 15.9. The van der Waals surface area contributed by atoms with Gasteiger partial charge in [0, 0.05) is 12.6 Å². The summed E-state index contributed by atoms with van der Waals surface area (Å²) >= 11 is 0. The second-order valence-electron chi connectivity index (χ2n) is 4.91. The first-order valence-corrected chi connectivity index (χ1v) is 7.19. The molecule has 3 rings (SSSR count). The molecule has 1 aromatic carbocycles. The van der Waals surface area contributed by atoms with Crippen molar-refractivity contribution in [1.82, 2.24) is 10.5 Å². The van der Waals surface area contributed by atoms with Crippen LogP contribution in [0.5, 0.6) is 0 Å². The number of hydrogen-bond donors (Lipinski definition) is 1. The highest BCUT2D eigenvalue weighted by Crippen LogP contribution is 2.20. The van der Waals surface area contributed by atoms with Crippen molar-refractivity contribution in [3.63, 3.8) is 0 Å². The van der Waals surface area contributed by atoms with Gasteiger partial charge in [0.15, 0.2) is 5.76 Å². The molecule has 23 heavy (non-hydrogen) atoms. The summed E-state index contributed by atoms with van der Waals surface area (Å²) in [5, 5.41) is 6.66. The molecular weight excluding hydrogens is 296 g/mol. The summed E-state index contributed by atoms with van der Waals surface area (Å²) in [7, 11) is 0. The summed E-state index contributed by atoms with van der Waals surface area (Å²) in [6, 6.07) is 15.0. The van der Waals surface area contributed by atoms with Crippen LogP contribution in [0.4, 0.5) is 0 Å². The molecule has 0 aliphatic rings. The van der Waals surface area contributed by atoms with Gasteiger partial charge in [0.25, 0.3) is 0 Å². The van der Waals surface area contributed by atoms with Crippen LogP contribution in [0.2, 0.25) is 0 Å². The van der Waals surface area contributed by atoms with Crippen LogP contribution in [0.3, 0.4) is 0 Å². The number of benzene rings is 1. The Hall–Kier alpha value is -2.86. The Balaban J connectivity index is 1.40. The van der Waals surface area contributed by atoms with E-state index in [0.717, 1.165) is 5.56 Å². The van der Waals surface area contributed by atoms with Gasteiger partial charge in [-0.1, -0.05) is 35.5 Å². The van der Waals surface area contributed by atoms with Crippen LogP contribution in [0.15, 0.2) is 63.7 Å². The molecule has 2 aromatic heterocycles. The number of rotatable bonds is 7. The Bertz CT molecular complexity index is 735. The summed E-state index contributed by atoms with van der Waals surface area (Å²) in [5.41, 5.74) is 1.65. The molecular formula is C17H16N2O4. The van der Waals surface area contributed by atoms with E-state index in [9.17, 15) is 4.79 Å². The smallest absolute Gasteiger partial charge is 0.246 e. The van der Waals surface area contributed by atoms with E-state index in [1.54, 1.807) is 24.5 Å². The molecule has 1 N–H and O–H groups in total. The minimum Gasteiger partial charge on any atom is -0.461 e. The minimum atomic E-state index is -0.177. The average molecular weight is 312 g/mol. The molecule has 0 saturated heterocycles. The predicted octanol–water partition coefficient (Wildman–Crippen LogP) is 2.77. The highest BCUT2D eigenvalue weighted by Gasteiger charge is 2.09. The van der Waals surface area contributed by atoms with Crippen molar-refractivity contribution < 1.29 is 18.5 Å². The summed E-state index contributed by atoms with van der Waals surface area (Å²) in [6.45, 7) is 0.647. The Morgan fingerprint density at radius 2 is 2.00 bits per heavy atom. The SMILES string of the molecule is O=C(COCc1cc(-c2ccco2)on1)NCc1ccccc1. The van der Waals surface area contributed by atoms with Gasteiger partial charge in [-0.3, -0.25) is 4.79 Å². The number of ether oxygens (including phenoxy) is 1. The Morgan fingerprint density at radius 1 is 1.13 bits per heavy atom. The lowest BCUT2D eigenvalue weighted by Crippen LogP contribution is -2.27. The normalized spacial score (nSPS) is 10.6. The van der Waals surface area contributed by atoms with E-state index < -0.39 is 0 Å². The van der Waals surface area contributed by atoms with Gasteiger partial charge in [-0.25, -0.2) is 0 Å². The molecule has 0 aliphatic carbocycles. The van der Waals surface area contributed by atoms with Crippen molar-refractivity contribution in [2.75, 3.05) is 6.61 Å². The molecule has 2 heterocycles. The molecule has 0 fully saturated rings.